The van der Waals surface area contributed by atoms with Crippen LogP contribution in [0.2, 0.25) is 0 Å². The number of carbonyl (C=O) groups excluding carboxylic acids is 1. The Kier molecular flexibility index (Phi) is 6.41. The second kappa shape index (κ2) is 9.58. The van der Waals surface area contributed by atoms with Crippen LogP contribution in [0.3, 0.4) is 0 Å². The molecule has 4 rings (SSSR count). The van der Waals surface area contributed by atoms with Gasteiger partial charge in [-0.2, -0.15) is 10.2 Å². The third-order valence-corrected chi connectivity index (χ3v) is 5.85. The van der Waals surface area contributed by atoms with Gasteiger partial charge in [0.1, 0.15) is 17.5 Å². The highest BCUT2D eigenvalue weighted by atomic mass is 16.5. The minimum absolute atomic E-state index is 0.184. The summed E-state index contributed by atoms with van der Waals surface area (Å²) in [6.45, 7) is 1.63. The highest BCUT2D eigenvalue weighted by molar-refractivity contribution is 6.04. The zero-order valence-electron chi connectivity index (χ0n) is 18.8. The van der Waals surface area contributed by atoms with E-state index in [4.69, 9.17) is 15.0 Å². The Balaban J connectivity index is 1.52. The number of nitriles is 1. The van der Waals surface area contributed by atoms with E-state index in [0.29, 0.717) is 17.2 Å². The van der Waals surface area contributed by atoms with Crippen molar-refractivity contribution in [2.75, 3.05) is 17.7 Å². The summed E-state index contributed by atoms with van der Waals surface area (Å²) in [6, 6.07) is 7.92. The van der Waals surface area contributed by atoms with Crippen LogP contribution in [-0.2, 0) is 11.8 Å². The number of amides is 1. The molecule has 33 heavy (non-hydrogen) atoms. The van der Waals surface area contributed by atoms with Crippen molar-refractivity contribution in [2.24, 2.45) is 7.05 Å². The molecule has 9 heteroatoms. The molecule has 1 saturated carbocycles. The predicted octanol–water partition coefficient (Wildman–Crippen LogP) is 3.34. The fraction of sp³-hybridized carbons (Fsp3) is 0.375. The molecule has 1 aromatic carbocycles. The lowest BCUT2D eigenvalue weighted by Gasteiger charge is -2.29. The molecule has 2 atom stereocenters. The van der Waals surface area contributed by atoms with Crippen molar-refractivity contribution in [3.05, 3.63) is 35.8 Å². The number of nitrogens with zero attached hydrogens (tertiary/aromatic N) is 5. The van der Waals surface area contributed by atoms with Crippen molar-refractivity contribution in [3.8, 4) is 23.8 Å². The average Bonchev–Trinajstić information content (AvgIpc) is 3.15. The quantitative estimate of drug-likeness (QED) is 0.581. The van der Waals surface area contributed by atoms with E-state index in [2.05, 4.69) is 37.0 Å². The second-order valence-electron chi connectivity index (χ2n) is 7.99. The third kappa shape index (κ3) is 4.73. The monoisotopic (exact) mass is 443 g/mol. The summed E-state index contributed by atoms with van der Waals surface area (Å²) < 4.78 is 7.32. The first-order chi connectivity index (χ1) is 16.0. The summed E-state index contributed by atoms with van der Waals surface area (Å²) in [7, 11) is 3.51. The number of nitrogens with one attached hydrogen (secondary N) is 2. The maximum atomic E-state index is 11.8. The number of aryl methyl sites for hydroxylation is 1. The van der Waals surface area contributed by atoms with Crippen LogP contribution < -0.4 is 15.4 Å². The van der Waals surface area contributed by atoms with Crippen LogP contribution >= 0.6 is 0 Å². The van der Waals surface area contributed by atoms with Crippen LogP contribution in [0, 0.1) is 23.2 Å². The van der Waals surface area contributed by atoms with E-state index in [1.54, 1.807) is 6.92 Å². The topological polar surface area (TPSA) is 118 Å². The van der Waals surface area contributed by atoms with Gasteiger partial charge >= 0.3 is 0 Å². The second-order valence-corrected chi connectivity index (χ2v) is 7.99. The Labute approximate surface area is 192 Å². The Bertz CT molecular complexity index is 1300. The fourth-order valence-electron chi connectivity index (χ4n) is 4.34. The smallest absolute Gasteiger partial charge is 0.300 e. The molecule has 0 saturated heterocycles. The van der Waals surface area contributed by atoms with E-state index >= 15 is 0 Å². The molecule has 1 aliphatic rings. The SMILES string of the molecule is CC#CC(=O)Nc1ccc2c(c1)nc([C@H]1CCC[C@@H](Nc3ncc(C#N)c(OC)n3)C1)n2C. The van der Waals surface area contributed by atoms with Crippen LogP contribution in [0.25, 0.3) is 11.0 Å². The van der Waals surface area contributed by atoms with E-state index in [0.717, 1.165) is 42.5 Å². The van der Waals surface area contributed by atoms with Crippen LogP contribution in [0.4, 0.5) is 11.6 Å². The van der Waals surface area contributed by atoms with Crippen LogP contribution in [0.1, 0.15) is 49.9 Å². The lowest BCUT2D eigenvalue weighted by molar-refractivity contribution is -0.111. The first-order valence-corrected chi connectivity index (χ1v) is 10.8. The molecule has 9 nitrogen and oxygen atoms in total. The number of ether oxygens (including phenoxy) is 1. The number of methoxy groups -OCH3 is 1. The molecule has 168 valence electrons. The van der Waals surface area contributed by atoms with Gasteiger partial charge in [0.2, 0.25) is 11.8 Å². The van der Waals surface area contributed by atoms with Crippen molar-refractivity contribution in [1.29, 1.82) is 5.26 Å². The minimum Gasteiger partial charge on any atom is -0.480 e. The number of imidazole rings is 1. The largest absolute Gasteiger partial charge is 0.480 e. The standard InChI is InChI=1S/C24H25N7O2/c1-4-6-21(32)27-18-9-10-20-19(12-18)29-22(31(20)2)15-7-5-8-17(11-15)28-24-26-14-16(13-25)23(30-24)33-3/h9-10,12,14-15,17H,5,7-8,11H2,1-3H3,(H,27,32)(H,26,28,30)/t15-,17+/m0/s1. The number of hydrogen-bond donors (Lipinski definition) is 2. The van der Waals surface area contributed by atoms with Crippen LogP contribution in [-0.4, -0.2) is 38.6 Å². The highest BCUT2D eigenvalue weighted by Gasteiger charge is 2.27. The highest BCUT2D eigenvalue weighted by Crippen LogP contribution is 2.35. The fourth-order valence-corrected chi connectivity index (χ4v) is 4.34. The molecule has 2 heterocycles. The normalized spacial score (nSPS) is 17.5. The van der Waals surface area contributed by atoms with Gasteiger partial charge in [-0.05, 0) is 50.3 Å². The summed E-state index contributed by atoms with van der Waals surface area (Å²) in [5, 5.41) is 15.3. The molecule has 1 aliphatic carbocycles. The van der Waals surface area contributed by atoms with Crippen LogP contribution in [0.15, 0.2) is 24.4 Å². The lowest BCUT2D eigenvalue weighted by atomic mass is 9.85. The first-order valence-electron chi connectivity index (χ1n) is 10.8. The Morgan fingerprint density at radius 1 is 1.30 bits per heavy atom. The molecule has 0 radical (unpaired) electrons. The molecular weight excluding hydrogens is 418 g/mol. The van der Waals surface area contributed by atoms with Gasteiger partial charge in [0.15, 0.2) is 0 Å². The van der Waals surface area contributed by atoms with Gasteiger partial charge in [0, 0.05) is 24.7 Å². The van der Waals surface area contributed by atoms with E-state index in [1.165, 1.54) is 13.3 Å². The zero-order chi connectivity index (χ0) is 23.4. The number of benzene rings is 1. The summed E-state index contributed by atoms with van der Waals surface area (Å²) in [6.07, 6.45) is 5.46. The van der Waals surface area contributed by atoms with Gasteiger partial charge in [-0.1, -0.05) is 12.3 Å². The van der Waals surface area contributed by atoms with Gasteiger partial charge in [-0.3, -0.25) is 4.79 Å². The summed E-state index contributed by atoms with van der Waals surface area (Å²) >= 11 is 0. The molecule has 3 aromatic rings. The van der Waals surface area contributed by atoms with Gasteiger partial charge in [0.05, 0.1) is 24.3 Å². The Morgan fingerprint density at radius 2 is 2.15 bits per heavy atom. The molecule has 0 spiro atoms. The lowest BCUT2D eigenvalue weighted by Crippen LogP contribution is -2.28. The van der Waals surface area contributed by atoms with E-state index in [1.807, 2.05) is 31.3 Å². The van der Waals surface area contributed by atoms with Crippen molar-refractivity contribution in [1.82, 2.24) is 19.5 Å². The molecule has 0 bridgehead atoms. The molecule has 1 amide bonds. The average molecular weight is 444 g/mol. The van der Waals surface area contributed by atoms with E-state index < -0.39 is 0 Å². The summed E-state index contributed by atoms with van der Waals surface area (Å²) in [4.78, 5) is 25.3. The van der Waals surface area contributed by atoms with E-state index in [9.17, 15) is 4.79 Å². The molecular formula is C24H25N7O2. The van der Waals surface area contributed by atoms with Crippen molar-refractivity contribution in [2.45, 2.75) is 44.6 Å². The molecule has 2 aromatic heterocycles. The first kappa shape index (κ1) is 22.1. The third-order valence-electron chi connectivity index (χ3n) is 5.85. The van der Waals surface area contributed by atoms with Gasteiger partial charge in [-0.25, -0.2) is 9.97 Å². The van der Waals surface area contributed by atoms with E-state index in [-0.39, 0.29) is 23.7 Å². The maximum Gasteiger partial charge on any atom is 0.300 e. The number of hydrogen-bond acceptors (Lipinski definition) is 7. The van der Waals surface area contributed by atoms with Crippen molar-refractivity contribution in [3.63, 3.8) is 0 Å². The minimum atomic E-state index is -0.337. The number of aromatic nitrogens is 4. The van der Waals surface area contributed by atoms with Gasteiger partial charge < -0.3 is 19.9 Å². The molecule has 1 fully saturated rings. The Morgan fingerprint density at radius 3 is 2.91 bits per heavy atom. The number of fused-ring (bicyclic) bond motifs is 1. The molecule has 2 N–H and O–H groups in total. The van der Waals surface area contributed by atoms with Crippen molar-refractivity contribution >= 4 is 28.6 Å². The zero-order valence-corrected chi connectivity index (χ0v) is 18.8. The van der Waals surface area contributed by atoms with Crippen molar-refractivity contribution < 1.29 is 9.53 Å². The van der Waals surface area contributed by atoms with Crippen LogP contribution in [0.5, 0.6) is 5.88 Å². The molecule has 0 aliphatic heterocycles. The van der Waals surface area contributed by atoms with Gasteiger partial charge in [0.25, 0.3) is 5.91 Å². The Hall–Kier alpha value is -4.11. The van der Waals surface area contributed by atoms with Gasteiger partial charge in [-0.15, -0.1) is 0 Å². The molecule has 0 unspecified atom stereocenters. The predicted molar refractivity (Wildman–Crippen MR) is 125 cm³/mol. The summed E-state index contributed by atoms with van der Waals surface area (Å²) in [5.41, 5.74) is 2.83. The maximum absolute atomic E-state index is 11.8. The number of carbonyl (C=O) groups is 1. The summed E-state index contributed by atoms with van der Waals surface area (Å²) in [5.74, 6) is 6.76. The number of anilines is 2. The number of rotatable bonds is 5.